The number of hydrogen-bond acceptors (Lipinski definition) is 11. The smallest absolute Gasteiger partial charge is 0.217 e. The van der Waals surface area contributed by atoms with E-state index in [4.69, 9.17) is 23.7 Å². The lowest BCUT2D eigenvalue weighted by Gasteiger charge is -2.66. The minimum Gasteiger partial charge on any atom is -0.547 e. The molecule has 0 spiro atoms. The van der Waals surface area contributed by atoms with E-state index in [2.05, 4.69) is 5.32 Å². The van der Waals surface area contributed by atoms with Crippen LogP contribution >= 0.6 is 0 Å². The first kappa shape index (κ1) is 31.8. The average Bonchev–Trinajstić information content (AvgIpc) is 2.78. The third-order valence-electron chi connectivity index (χ3n) is 9.19. The highest BCUT2D eigenvalue weighted by molar-refractivity contribution is 5.78. The van der Waals surface area contributed by atoms with E-state index >= 15 is 0 Å². The van der Waals surface area contributed by atoms with Gasteiger partial charge in [0.15, 0.2) is 6.29 Å². The Hall–Kier alpha value is -1.38. The molecule has 0 bridgehead atoms. The fraction of sp³-hybridized carbons (Fsp3) is 0.920. The normalized spacial score (nSPS) is 50.5. The number of hydrogen-bond donors (Lipinski definition) is 4. The molecule has 0 radical (unpaired) electrons. The Kier molecular flexibility index (Phi) is 8.32. The predicted octanol–water partition coefficient (Wildman–Crippen LogP) is -0.997. The maximum Gasteiger partial charge on any atom is 0.217 e. The lowest BCUT2D eigenvalue weighted by molar-refractivity contribution is -0.441. The van der Waals surface area contributed by atoms with Gasteiger partial charge in [-0.05, 0) is 62.3 Å². The maximum absolute atomic E-state index is 12.5. The zero-order valence-electron chi connectivity index (χ0n) is 23.8. The molecule has 0 aromatic heterocycles. The third-order valence-corrected chi connectivity index (χ3v) is 9.19. The molecular weight excluding hydrogens is 490 g/mol. The number of methoxy groups -OCH3 is 1. The molecule has 4 N–H and O–H groups in total. The average molecular weight is 535 g/mol. The first-order chi connectivity index (χ1) is 16.6. The highest BCUT2D eigenvalue weighted by Crippen LogP contribution is 2.54. The van der Waals surface area contributed by atoms with Gasteiger partial charge in [0.1, 0.15) is 45.2 Å². The van der Waals surface area contributed by atoms with Crippen LogP contribution in [0.3, 0.4) is 0 Å². The highest BCUT2D eigenvalue weighted by Gasteiger charge is 2.74. The van der Waals surface area contributed by atoms with Gasteiger partial charge in [0.05, 0.1) is 18.7 Å². The number of aliphatic carboxylic acids is 1. The fourth-order valence-electron chi connectivity index (χ4n) is 5.57. The van der Waals surface area contributed by atoms with Gasteiger partial charge >= 0.3 is 0 Å². The van der Waals surface area contributed by atoms with Crippen LogP contribution in [-0.2, 0) is 33.3 Å². The van der Waals surface area contributed by atoms with Gasteiger partial charge in [-0.15, -0.1) is 0 Å². The summed E-state index contributed by atoms with van der Waals surface area (Å²) >= 11 is 0. The van der Waals surface area contributed by atoms with Gasteiger partial charge in [0.2, 0.25) is 5.91 Å². The number of amides is 1. The lowest BCUT2D eigenvalue weighted by atomic mass is 9.61. The van der Waals surface area contributed by atoms with E-state index in [9.17, 15) is 30.0 Å². The van der Waals surface area contributed by atoms with Gasteiger partial charge in [0, 0.05) is 20.6 Å². The first-order valence-electron chi connectivity index (χ1n) is 12.4. The molecule has 2 fully saturated rings. The van der Waals surface area contributed by atoms with Crippen molar-refractivity contribution in [2.75, 3.05) is 20.3 Å². The van der Waals surface area contributed by atoms with Gasteiger partial charge in [-0.25, -0.2) is 0 Å². The van der Waals surface area contributed by atoms with Crippen LogP contribution in [0.5, 0.6) is 0 Å². The Morgan fingerprint density at radius 3 is 2.03 bits per heavy atom. The summed E-state index contributed by atoms with van der Waals surface area (Å²) in [5.41, 5.74) is -13.6. The van der Waals surface area contributed by atoms with Crippen LogP contribution in [0.25, 0.3) is 0 Å². The van der Waals surface area contributed by atoms with Crippen molar-refractivity contribution in [2.24, 2.45) is 0 Å². The van der Waals surface area contributed by atoms with E-state index in [1.807, 2.05) is 0 Å². The maximum atomic E-state index is 12.5. The zero-order chi connectivity index (χ0) is 29.0. The minimum absolute atomic E-state index is 0.115. The molecule has 12 heteroatoms. The molecule has 2 aliphatic heterocycles. The monoisotopic (exact) mass is 534 g/mol. The van der Waals surface area contributed by atoms with E-state index in [1.165, 1.54) is 55.6 Å². The molecule has 2 heterocycles. The molecule has 0 saturated carbocycles. The fourth-order valence-corrected chi connectivity index (χ4v) is 5.57. The van der Waals surface area contributed by atoms with E-state index < -0.39 is 69.5 Å². The van der Waals surface area contributed by atoms with Gasteiger partial charge in [-0.1, -0.05) is 0 Å². The van der Waals surface area contributed by atoms with Gasteiger partial charge in [-0.3, -0.25) is 4.79 Å². The third kappa shape index (κ3) is 4.29. The van der Waals surface area contributed by atoms with Crippen LogP contribution < -0.4 is 10.4 Å². The van der Waals surface area contributed by atoms with Crippen LogP contribution in [0, 0.1) is 0 Å². The summed E-state index contributed by atoms with van der Waals surface area (Å²) in [6, 6.07) is 0. The summed E-state index contributed by atoms with van der Waals surface area (Å²) in [4.78, 5) is 24.9. The van der Waals surface area contributed by atoms with E-state index in [0.717, 1.165) is 0 Å². The molecule has 0 aromatic carbocycles. The Morgan fingerprint density at radius 2 is 1.59 bits per heavy atom. The number of ether oxygens (including phenoxy) is 5. The summed E-state index contributed by atoms with van der Waals surface area (Å²) in [6.45, 7) is 14.2. The molecule has 2 aliphatic rings. The molecule has 10 unspecified atom stereocenters. The molecule has 10 atom stereocenters. The van der Waals surface area contributed by atoms with Crippen LogP contribution in [0.2, 0.25) is 0 Å². The van der Waals surface area contributed by atoms with E-state index in [0.29, 0.717) is 6.61 Å². The number of aliphatic hydroxyl groups excluding tert-OH is 1. The predicted molar refractivity (Wildman–Crippen MR) is 128 cm³/mol. The standard InChI is InChI=1S/C25H45NO11/c1-12-34-13-19(4)16(28)22(7,33-11)20(5,26-15(3)27)18(36-19)37-25(10)23(8,17(29)30)35-14(2)21(6,31)24(25,9)32/h14,16,18,28,31-32H,12-13H2,1-11H3,(H,26,27)(H,29,30)/p-1. The van der Waals surface area contributed by atoms with E-state index in [1.54, 1.807) is 20.8 Å². The summed E-state index contributed by atoms with van der Waals surface area (Å²) < 4.78 is 29.8. The topological polar surface area (TPSA) is 176 Å². The number of aliphatic hydroxyl groups is 3. The molecule has 2 saturated heterocycles. The molecule has 12 nitrogen and oxygen atoms in total. The molecule has 37 heavy (non-hydrogen) atoms. The Balaban J connectivity index is 2.83. The van der Waals surface area contributed by atoms with Crippen molar-refractivity contribution in [1.29, 1.82) is 0 Å². The molecule has 1 amide bonds. The van der Waals surface area contributed by atoms with Crippen molar-refractivity contribution in [3.63, 3.8) is 0 Å². The van der Waals surface area contributed by atoms with Crippen molar-refractivity contribution in [3.8, 4) is 0 Å². The number of carbonyl (C=O) groups is 2. The second-order valence-electron chi connectivity index (χ2n) is 11.4. The van der Waals surface area contributed by atoms with Crippen molar-refractivity contribution in [2.45, 2.75) is 127 Å². The summed E-state index contributed by atoms with van der Waals surface area (Å²) in [5, 5.41) is 49.8. The van der Waals surface area contributed by atoms with Crippen molar-refractivity contribution in [3.05, 3.63) is 0 Å². The van der Waals surface area contributed by atoms with E-state index in [-0.39, 0.29) is 6.61 Å². The SMILES string of the molecule is CCOCC1(C)OC(OC2(C)C(C)(C(=O)[O-])OC(C)C(C)(O)C2(C)O)C(C)(NC(C)=O)C(C)(OC)C1O. The molecule has 0 aliphatic carbocycles. The Bertz CT molecular complexity index is 896. The van der Waals surface area contributed by atoms with Crippen molar-refractivity contribution < 1.29 is 53.7 Å². The Labute approximate surface area is 218 Å². The largest absolute Gasteiger partial charge is 0.547 e. The first-order valence-corrected chi connectivity index (χ1v) is 12.4. The minimum atomic E-state index is -2.31. The quantitative estimate of drug-likeness (QED) is 0.300. The van der Waals surface area contributed by atoms with Crippen LogP contribution in [0.1, 0.15) is 69.2 Å². The number of carboxylic acid groups (broad SMARTS) is 1. The highest BCUT2D eigenvalue weighted by atomic mass is 16.7. The van der Waals surface area contributed by atoms with Gasteiger partial charge in [-0.2, -0.15) is 0 Å². The van der Waals surface area contributed by atoms with Gasteiger partial charge in [0.25, 0.3) is 0 Å². The number of nitrogens with one attached hydrogen (secondary N) is 1. The van der Waals surface area contributed by atoms with Crippen LogP contribution in [0.4, 0.5) is 0 Å². The summed E-state index contributed by atoms with van der Waals surface area (Å²) in [7, 11) is 1.34. The summed E-state index contributed by atoms with van der Waals surface area (Å²) in [5.74, 6) is -2.23. The second-order valence-corrected chi connectivity index (χ2v) is 11.4. The van der Waals surface area contributed by atoms with Crippen LogP contribution in [-0.4, -0.2) is 105 Å². The molecular formula is C25H44NO11-. The number of carbonyl (C=O) groups excluding carboxylic acids is 2. The van der Waals surface area contributed by atoms with Crippen molar-refractivity contribution in [1.82, 2.24) is 5.32 Å². The van der Waals surface area contributed by atoms with Crippen LogP contribution in [0.15, 0.2) is 0 Å². The van der Waals surface area contributed by atoms with Gasteiger partial charge < -0.3 is 54.2 Å². The Morgan fingerprint density at radius 1 is 1.05 bits per heavy atom. The lowest BCUT2D eigenvalue weighted by Crippen LogP contribution is -2.87. The molecule has 216 valence electrons. The molecule has 0 aromatic rings. The number of rotatable bonds is 8. The number of carboxylic acids is 1. The molecule has 2 rings (SSSR count). The zero-order valence-corrected chi connectivity index (χ0v) is 23.8. The second kappa shape index (κ2) is 9.67. The van der Waals surface area contributed by atoms with Crippen molar-refractivity contribution >= 4 is 11.9 Å². The summed E-state index contributed by atoms with van der Waals surface area (Å²) in [6.07, 6.45) is -4.09.